The Balaban J connectivity index is 1.38. The summed E-state index contributed by atoms with van der Waals surface area (Å²) in [5, 5.41) is 18.8. The lowest BCUT2D eigenvalue weighted by molar-refractivity contribution is 0.123. The predicted molar refractivity (Wildman–Crippen MR) is 79.9 cm³/mol. The molecule has 3 unspecified atom stereocenters. The zero-order valence-electron chi connectivity index (χ0n) is 12.2. The van der Waals surface area contributed by atoms with Crippen LogP contribution in [0.5, 0.6) is 5.75 Å². The molecule has 1 aromatic carbocycles. The van der Waals surface area contributed by atoms with Crippen LogP contribution >= 0.6 is 0 Å². The van der Waals surface area contributed by atoms with Gasteiger partial charge < -0.3 is 14.7 Å². The van der Waals surface area contributed by atoms with Crippen LogP contribution in [0.3, 0.4) is 0 Å². The Bertz CT molecular complexity index is 526. The molecule has 2 aliphatic rings. The Morgan fingerprint density at radius 2 is 2.24 bits per heavy atom. The van der Waals surface area contributed by atoms with Gasteiger partial charge in [-0.3, -0.25) is 0 Å². The van der Waals surface area contributed by atoms with E-state index in [0.717, 1.165) is 38.2 Å². The van der Waals surface area contributed by atoms with E-state index in [9.17, 15) is 5.11 Å². The number of rotatable bonds is 5. The van der Waals surface area contributed by atoms with E-state index in [1.54, 1.807) is 12.1 Å². The zero-order valence-corrected chi connectivity index (χ0v) is 12.2. The second-order valence-corrected chi connectivity index (χ2v) is 6.17. The molecule has 2 fully saturated rings. The summed E-state index contributed by atoms with van der Waals surface area (Å²) in [5.41, 5.74) is 0.633. The lowest BCUT2D eigenvalue weighted by Crippen LogP contribution is -2.26. The lowest BCUT2D eigenvalue weighted by Gasteiger charge is -2.17. The SMILES string of the molecule is N#Cc1cccc(OCCCN2CC3CCC(O)C3C2)c1. The molecule has 0 amide bonds. The molecule has 4 nitrogen and oxygen atoms in total. The highest BCUT2D eigenvalue weighted by molar-refractivity contribution is 5.36. The number of nitrogens with zero attached hydrogens (tertiary/aromatic N) is 2. The van der Waals surface area contributed by atoms with Gasteiger partial charge in [-0.25, -0.2) is 0 Å². The summed E-state index contributed by atoms with van der Waals surface area (Å²) in [7, 11) is 0. The maximum absolute atomic E-state index is 9.91. The largest absolute Gasteiger partial charge is 0.494 e. The van der Waals surface area contributed by atoms with Crippen LogP contribution in [0.2, 0.25) is 0 Å². The highest BCUT2D eigenvalue weighted by atomic mass is 16.5. The molecule has 0 aromatic heterocycles. The molecule has 1 aliphatic carbocycles. The average Bonchev–Trinajstić information content (AvgIpc) is 3.06. The highest BCUT2D eigenvalue weighted by Crippen LogP contribution is 2.37. The van der Waals surface area contributed by atoms with Crippen LogP contribution in [0.15, 0.2) is 24.3 Å². The first kappa shape index (κ1) is 14.4. The molecule has 0 radical (unpaired) electrons. The van der Waals surface area contributed by atoms with Crippen molar-refractivity contribution in [2.75, 3.05) is 26.2 Å². The monoisotopic (exact) mass is 286 g/mol. The third-order valence-electron chi connectivity index (χ3n) is 4.75. The molecular formula is C17H22N2O2. The number of aliphatic hydroxyl groups is 1. The number of ether oxygens (including phenoxy) is 1. The van der Waals surface area contributed by atoms with Crippen molar-refractivity contribution in [2.24, 2.45) is 11.8 Å². The van der Waals surface area contributed by atoms with E-state index in [1.165, 1.54) is 6.42 Å². The number of nitriles is 1. The van der Waals surface area contributed by atoms with Crippen molar-refractivity contribution >= 4 is 0 Å². The van der Waals surface area contributed by atoms with Crippen molar-refractivity contribution in [3.05, 3.63) is 29.8 Å². The number of likely N-dealkylation sites (tertiary alicyclic amines) is 1. The average molecular weight is 286 g/mol. The fraction of sp³-hybridized carbons (Fsp3) is 0.588. The summed E-state index contributed by atoms with van der Waals surface area (Å²) in [5.74, 6) is 1.97. The minimum atomic E-state index is -0.0787. The Morgan fingerprint density at radius 1 is 1.33 bits per heavy atom. The van der Waals surface area contributed by atoms with Crippen molar-refractivity contribution in [1.29, 1.82) is 5.26 Å². The van der Waals surface area contributed by atoms with Crippen LogP contribution in [-0.4, -0.2) is 42.4 Å². The van der Waals surface area contributed by atoms with Crippen LogP contribution in [0, 0.1) is 23.2 Å². The van der Waals surface area contributed by atoms with Gasteiger partial charge in [-0.2, -0.15) is 5.26 Å². The van der Waals surface area contributed by atoms with Crippen LogP contribution < -0.4 is 4.74 Å². The Morgan fingerprint density at radius 3 is 3.05 bits per heavy atom. The first-order chi connectivity index (χ1) is 10.3. The second-order valence-electron chi connectivity index (χ2n) is 6.17. The van der Waals surface area contributed by atoms with Gasteiger partial charge in [-0.15, -0.1) is 0 Å². The van der Waals surface area contributed by atoms with Gasteiger partial charge >= 0.3 is 0 Å². The van der Waals surface area contributed by atoms with Crippen LogP contribution in [0.1, 0.15) is 24.8 Å². The van der Waals surface area contributed by atoms with Crippen molar-refractivity contribution in [3.63, 3.8) is 0 Å². The van der Waals surface area contributed by atoms with Gasteiger partial charge in [0.1, 0.15) is 5.75 Å². The van der Waals surface area contributed by atoms with E-state index in [0.29, 0.717) is 24.0 Å². The van der Waals surface area contributed by atoms with Gasteiger partial charge in [0.15, 0.2) is 0 Å². The molecule has 0 bridgehead atoms. The number of benzene rings is 1. The fourth-order valence-electron chi connectivity index (χ4n) is 3.65. The van der Waals surface area contributed by atoms with E-state index in [4.69, 9.17) is 10.00 Å². The van der Waals surface area contributed by atoms with Crippen molar-refractivity contribution in [1.82, 2.24) is 4.90 Å². The summed E-state index contributed by atoms with van der Waals surface area (Å²) in [6.07, 6.45) is 3.07. The first-order valence-electron chi connectivity index (χ1n) is 7.79. The Kier molecular flexibility index (Phi) is 4.42. The predicted octanol–water partition coefficient (Wildman–Crippen LogP) is 2.03. The first-order valence-corrected chi connectivity index (χ1v) is 7.79. The molecule has 1 aliphatic heterocycles. The maximum atomic E-state index is 9.91. The normalized spacial score (nSPS) is 28.3. The minimum absolute atomic E-state index is 0.0787. The third kappa shape index (κ3) is 3.37. The molecule has 3 atom stereocenters. The van der Waals surface area contributed by atoms with Gasteiger partial charge in [0.05, 0.1) is 24.3 Å². The molecule has 1 heterocycles. The summed E-state index contributed by atoms with van der Waals surface area (Å²) >= 11 is 0. The fourth-order valence-corrected chi connectivity index (χ4v) is 3.65. The minimum Gasteiger partial charge on any atom is -0.494 e. The molecule has 1 saturated heterocycles. The standard InChI is InChI=1S/C17H22N2O2/c18-10-13-3-1-4-15(9-13)21-8-2-7-19-11-14-5-6-17(20)16(14)12-19/h1,3-4,9,14,16-17,20H,2,5-8,11-12H2. The molecule has 1 saturated carbocycles. The molecule has 21 heavy (non-hydrogen) atoms. The van der Waals surface area contributed by atoms with Crippen molar-refractivity contribution in [2.45, 2.75) is 25.4 Å². The number of aliphatic hydroxyl groups excluding tert-OH is 1. The topological polar surface area (TPSA) is 56.5 Å². The van der Waals surface area contributed by atoms with Gasteiger partial charge in [0, 0.05) is 25.6 Å². The molecule has 1 aromatic rings. The van der Waals surface area contributed by atoms with E-state index >= 15 is 0 Å². The van der Waals surface area contributed by atoms with Gasteiger partial charge in [-0.05, 0) is 43.4 Å². The molecular weight excluding hydrogens is 264 g/mol. The van der Waals surface area contributed by atoms with Crippen molar-refractivity contribution in [3.8, 4) is 11.8 Å². The zero-order chi connectivity index (χ0) is 14.7. The van der Waals surface area contributed by atoms with E-state index in [1.807, 2.05) is 12.1 Å². The molecule has 4 heteroatoms. The number of hydrogen-bond acceptors (Lipinski definition) is 4. The Hall–Kier alpha value is -1.57. The second kappa shape index (κ2) is 6.46. The quantitative estimate of drug-likeness (QED) is 0.842. The van der Waals surface area contributed by atoms with Crippen LogP contribution in [-0.2, 0) is 0 Å². The smallest absolute Gasteiger partial charge is 0.120 e. The molecule has 0 spiro atoms. The van der Waals surface area contributed by atoms with Gasteiger partial charge in [0.2, 0.25) is 0 Å². The molecule has 112 valence electrons. The van der Waals surface area contributed by atoms with Gasteiger partial charge in [0.25, 0.3) is 0 Å². The van der Waals surface area contributed by atoms with E-state index < -0.39 is 0 Å². The highest BCUT2D eigenvalue weighted by Gasteiger charge is 2.41. The number of hydrogen-bond donors (Lipinski definition) is 1. The van der Waals surface area contributed by atoms with Crippen LogP contribution in [0.25, 0.3) is 0 Å². The number of fused-ring (bicyclic) bond motifs is 1. The summed E-state index contributed by atoms with van der Waals surface area (Å²) in [6, 6.07) is 9.40. The summed E-state index contributed by atoms with van der Waals surface area (Å²) in [6.45, 7) is 3.86. The van der Waals surface area contributed by atoms with Crippen molar-refractivity contribution < 1.29 is 9.84 Å². The maximum Gasteiger partial charge on any atom is 0.120 e. The lowest BCUT2D eigenvalue weighted by atomic mass is 10.00. The molecule has 1 N–H and O–H groups in total. The summed E-state index contributed by atoms with van der Waals surface area (Å²) in [4.78, 5) is 2.45. The summed E-state index contributed by atoms with van der Waals surface area (Å²) < 4.78 is 5.70. The van der Waals surface area contributed by atoms with Crippen LogP contribution in [0.4, 0.5) is 0 Å². The van der Waals surface area contributed by atoms with Gasteiger partial charge in [-0.1, -0.05) is 6.07 Å². The van der Waals surface area contributed by atoms with E-state index in [2.05, 4.69) is 11.0 Å². The molecule has 3 rings (SSSR count). The van der Waals surface area contributed by atoms with E-state index in [-0.39, 0.29) is 6.10 Å². The Labute approximate surface area is 125 Å². The third-order valence-corrected chi connectivity index (χ3v) is 4.75.